The van der Waals surface area contributed by atoms with Gasteiger partial charge in [0.25, 0.3) is 0 Å². The Kier molecular flexibility index (Phi) is 5.15. The van der Waals surface area contributed by atoms with Crippen LogP contribution in [0.5, 0.6) is 0 Å². The van der Waals surface area contributed by atoms with Crippen LogP contribution in [0.3, 0.4) is 0 Å². The van der Waals surface area contributed by atoms with Crippen LogP contribution in [0.25, 0.3) is 0 Å². The summed E-state index contributed by atoms with van der Waals surface area (Å²) >= 11 is 1.59. The number of hydrogen-bond acceptors (Lipinski definition) is 4. The molecule has 1 aliphatic rings. The van der Waals surface area contributed by atoms with Gasteiger partial charge in [-0.2, -0.15) is 0 Å². The van der Waals surface area contributed by atoms with Gasteiger partial charge >= 0.3 is 0 Å². The summed E-state index contributed by atoms with van der Waals surface area (Å²) in [5, 5.41) is 6.69. The molecule has 0 radical (unpaired) electrons. The van der Waals surface area contributed by atoms with Gasteiger partial charge < -0.3 is 10.6 Å². The van der Waals surface area contributed by atoms with Gasteiger partial charge in [0.15, 0.2) is 0 Å². The zero-order valence-corrected chi connectivity index (χ0v) is 14.2. The first kappa shape index (κ1) is 16.5. The number of carbonyl (C=O) groups excluding carboxylic acids is 2. The Labute approximate surface area is 145 Å². The molecule has 2 aromatic rings. The number of fused-ring (bicyclic) bond motifs is 1. The molecule has 5 nitrogen and oxygen atoms in total. The van der Waals surface area contributed by atoms with Crippen LogP contribution in [0.4, 0.5) is 5.69 Å². The maximum Gasteiger partial charge on any atom is 0.232 e. The molecule has 3 rings (SSSR count). The fraction of sp³-hybridized carbons (Fsp3) is 0.278. The molecule has 0 aliphatic carbocycles. The highest BCUT2D eigenvalue weighted by Gasteiger charge is 2.32. The van der Waals surface area contributed by atoms with Crippen molar-refractivity contribution in [3.63, 3.8) is 0 Å². The zero-order valence-electron chi connectivity index (χ0n) is 13.4. The summed E-state index contributed by atoms with van der Waals surface area (Å²) in [5.41, 5.74) is 2.79. The minimum atomic E-state index is -0.400. The molecule has 2 heterocycles. The Bertz CT molecular complexity index is 749. The number of hydrogen-bond donors (Lipinski definition) is 2. The van der Waals surface area contributed by atoms with Gasteiger partial charge in [0.2, 0.25) is 11.8 Å². The van der Waals surface area contributed by atoms with Gasteiger partial charge in [-0.15, -0.1) is 11.8 Å². The van der Waals surface area contributed by atoms with Crippen molar-refractivity contribution in [3.05, 3.63) is 53.7 Å². The van der Waals surface area contributed by atoms with E-state index in [0.717, 1.165) is 27.6 Å². The second-order valence-corrected chi connectivity index (χ2v) is 6.77. The Morgan fingerprint density at radius 2 is 2.17 bits per heavy atom. The molecule has 0 saturated carbocycles. The number of nitrogens with one attached hydrogen (secondary N) is 2. The van der Waals surface area contributed by atoms with E-state index in [1.54, 1.807) is 18.0 Å². The van der Waals surface area contributed by atoms with E-state index in [2.05, 4.69) is 15.6 Å². The van der Waals surface area contributed by atoms with Crippen LogP contribution in [0.1, 0.15) is 23.5 Å². The lowest BCUT2D eigenvalue weighted by Gasteiger charge is -2.10. The van der Waals surface area contributed by atoms with E-state index in [-0.39, 0.29) is 18.2 Å². The molecule has 0 spiro atoms. The van der Waals surface area contributed by atoms with Gasteiger partial charge in [0, 0.05) is 30.6 Å². The highest BCUT2D eigenvalue weighted by atomic mass is 32.2. The number of aryl methyl sites for hydroxylation is 1. The summed E-state index contributed by atoms with van der Waals surface area (Å²) in [6, 6.07) is 11.5. The van der Waals surface area contributed by atoms with E-state index in [1.165, 1.54) is 0 Å². The minimum absolute atomic E-state index is 0.0997. The van der Waals surface area contributed by atoms with Crippen LogP contribution in [0.15, 0.2) is 47.6 Å². The van der Waals surface area contributed by atoms with Crippen molar-refractivity contribution in [2.45, 2.75) is 24.3 Å². The van der Waals surface area contributed by atoms with Gasteiger partial charge in [0.05, 0.1) is 10.9 Å². The molecule has 2 N–H and O–H groups in total. The summed E-state index contributed by atoms with van der Waals surface area (Å²) < 4.78 is 0. The molecule has 0 bridgehead atoms. The maximum absolute atomic E-state index is 12.1. The lowest BCUT2D eigenvalue weighted by Crippen LogP contribution is -2.28. The first-order valence-corrected chi connectivity index (χ1v) is 8.84. The lowest BCUT2D eigenvalue weighted by atomic mass is 9.95. The number of amides is 2. The molecule has 124 valence electrons. The van der Waals surface area contributed by atoms with Crippen LogP contribution < -0.4 is 10.6 Å². The Morgan fingerprint density at radius 1 is 1.29 bits per heavy atom. The van der Waals surface area contributed by atoms with E-state index < -0.39 is 5.92 Å². The van der Waals surface area contributed by atoms with Crippen LogP contribution in [-0.2, 0) is 9.59 Å². The SMILES string of the molecule is Cc1cccc2c1NC(=O)[C@@H]2CC(=O)NCCSc1ccccn1. The number of nitrogens with zero attached hydrogens (tertiary/aromatic N) is 1. The zero-order chi connectivity index (χ0) is 16.9. The third-order valence-electron chi connectivity index (χ3n) is 3.95. The fourth-order valence-corrected chi connectivity index (χ4v) is 3.47. The third-order valence-corrected chi connectivity index (χ3v) is 4.89. The molecule has 0 saturated heterocycles. The first-order valence-electron chi connectivity index (χ1n) is 7.86. The normalized spacial score (nSPS) is 15.7. The molecule has 2 amide bonds. The van der Waals surface area contributed by atoms with Crippen molar-refractivity contribution in [3.8, 4) is 0 Å². The summed E-state index contributed by atoms with van der Waals surface area (Å²) in [6.07, 6.45) is 1.93. The van der Waals surface area contributed by atoms with E-state index in [0.29, 0.717) is 6.54 Å². The van der Waals surface area contributed by atoms with Gasteiger partial charge in [-0.3, -0.25) is 9.59 Å². The van der Waals surface area contributed by atoms with Gasteiger partial charge in [-0.25, -0.2) is 4.98 Å². The summed E-state index contributed by atoms with van der Waals surface area (Å²) in [4.78, 5) is 28.5. The van der Waals surface area contributed by atoms with Gasteiger partial charge in [0.1, 0.15) is 0 Å². The van der Waals surface area contributed by atoms with E-state index in [9.17, 15) is 9.59 Å². The number of carbonyl (C=O) groups is 2. The Morgan fingerprint density at radius 3 is 2.96 bits per heavy atom. The number of rotatable bonds is 6. The van der Waals surface area contributed by atoms with Crippen LogP contribution in [-0.4, -0.2) is 29.1 Å². The average Bonchev–Trinajstić information content (AvgIpc) is 2.90. The van der Waals surface area contributed by atoms with E-state index >= 15 is 0 Å². The van der Waals surface area contributed by atoms with Crippen molar-refractivity contribution < 1.29 is 9.59 Å². The minimum Gasteiger partial charge on any atom is -0.355 e. The third kappa shape index (κ3) is 3.76. The molecule has 0 fully saturated rings. The topological polar surface area (TPSA) is 71.1 Å². The number of benzene rings is 1. The summed E-state index contributed by atoms with van der Waals surface area (Å²) in [5.74, 6) is 0.141. The molecular formula is C18H19N3O2S. The fourth-order valence-electron chi connectivity index (χ4n) is 2.74. The van der Waals surface area contributed by atoms with Crippen LogP contribution >= 0.6 is 11.8 Å². The summed E-state index contributed by atoms with van der Waals surface area (Å²) in [7, 11) is 0. The van der Waals surface area contributed by atoms with E-state index in [4.69, 9.17) is 0 Å². The first-order chi connectivity index (χ1) is 11.6. The number of thioether (sulfide) groups is 1. The largest absolute Gasteiger partial charge is 0.355 e. The van der Waals surface area contributed by atoms with Gasteiger partial charge in [-0.1, -0.05) is 24.3 Å². The maximum atomic E-state index is 12.1. The lowest BCUT2D eigenvalue weighted by molar-refractivity contribution is -0.125. The molecule has 0 unspecified atom stereocenters. The molecule has 1 aromatic carbocycles. The van der Waals surface area contributed by atoms with E-state index in [1.807, 2.05) is 43.3 Å². The quantitative estimate of drug-likeness (QED) is 0.626. The summed E-state index contributed by atoms with van der Waals surface area (Å²) in [6.45, 7) is 2.51. The Hall–Kier alpha value is -2.34. The predicted molar refractivity (Wildman–Crippen MR) is 95.1 cm³/mol. The highest BCUT2D eigenvalue weighted by Crippen LogP contribution is 2.36. The number of para-hydroxylation sites is 1. The van der Waals surface area contributed by atoms with Crippen LogP contribution in [0, 0.1) is 6.92 Å². The van der Waals surface area contributed by atoms with Crippen molar-refractivity contribution in [1.82, 2.24) is 10.3 Å². The second-order valence-electron chi connectivity index (χ2n) is 5.65. The second kappa shape index (κ2) is 7.49. The molecule has 1 aliphatic heterocycles. The number of pyridine rings is 1. The molecular weight excluding hydrogens is 322 g/mol. The number of anilines is 1. The van der Waals surface area contributed by atoms with Crippen molar-refractivity contribution in [2.24, 2.45) is 0 Å². The predicted octanol–water partition coefficient (Wildman–Crippen LogP) is 2.72. The van der Waals surface area contributed by atoms with Crippen LogP contribution in [0.2, 0.25) is 0 Å². The van der Waals surface area contributed by atoms with Crippen molar-refractivity contribution >= 4 is 29.3 Å². The van der Waals surface area contributed by atoms with Gasteiger partial charge in [-0.05, 0) is 30.2 Å². The monoisotopic (exact) mass is 341 g/mol. The Balaban J connectivity index is 1.49. The van der Waals surface area contributed by atoms with Crippen molar-refractivity contribution in [2.75, 3.05) is 17.6 Å². The molecule has 24 heavy (non-hydrogen) atoms. The average molecular weight is 341 g/mol. The number of aromatic nitrogens is 1. The molecule has 1 aromatic heterocycles. The molecule has 1 atom stereocenters. The highest BCUT2D eigenvalue weighted by molar-refractivity contribution is 7.99. The smallest absolute Gasteiger partial charge is 0.232 e. The standard InChI is InChI=1S/C18H19N3O2S/c1-12-5-4-6-13-14(18(23)21-17(12)13)11-15(22)19-9-10-24-16-7-2-3-8-20-16/h2-8,14H,9-11H2,1H3,(H,19,22)(H,21,23)/t14-/m1/s1. The van der Waals surface area contributed by atoms with Crippen molar-refractivity contribution in [1.29, 1.82) is 0 Å². The molecule has 6 heteroatoms.